The number of hydrogen-bond donors (Lipinski definition) is 1. The van der Waals surface area contributed by atoms with E-state index in [1.54, 1.807) is 14.2 Å². The highest BCUT2D eigenvalue weighted by atomic mass is 16.5. The number of methoxy groups -OCH3 is 2. The molecule has 0 saturated carbocycles. The molecule has 0 aliphatic heterocycles. The first kappa shape index (κ1) is 15.3. The van der Waals surface area contributed by atoms with Gasteiger partial charge in [0.2, 0.25) is 5.75 Å². The molecule has 0 radical (unpaired) electrons. The maximum absolute atomic E-state index is 11.0. The van der Waals surface area contributed by atoms with Gasteiger partial charge in [0.25, 0.3) is 0 Å². The van der Waals surface area contributed by atoms with Crippen LogP contribution in [0.2, 0.25) is 0 Å². The second kappa shape index (κ2) is 6.02. The van der Waals surface area contributed by atoms with Crippen molar-refractivity contribution in [1.82, 2.24) is 0 Å². The Morgan fingerprint density at radius 2 is 1.24 bits per heavy atom. The van der Waals surface area contributed by atoms with Gasteiger partial charge in [0, 0.05) is 10.9 Å². The zero-order valence-corrected chi connectivity index (χ0v) is 14.1. The molecule has 0 saturated heterocycles. The van der Waals surface area contributed by atoms with Crippen molar-refractivity contribution in [3.05, 3.63) is 66.7 Å². The SMILES string of the molecule is COc1c(O)c(-c2cccc3ccccc23)c2ccccc2c1OC. The summed E-state index contributed by atoms with van der Waals surface area (Å²) in [7, 11) is 3.13. The number of rotatable bonds is 3. The number of aromatic hydroxyl groups is 1. The van der Waals surface area contributed by atoms with Crippen molar-refractivity contribution in [3.63, 3.8) is 0 Å². The lowest BCUT2D eigenvalue weighted by Crippen LogP contribution is -1.95. The highest BCUT2D eigenvalue weighted by Gasteiger charge is 2.22. The third kappa shape index (κ3) is 2.28. The first-order valence-electron chi connectivity index (χ1n) is 8.10. The number of fused-ring (bicyclic) bond motifs is 2. The first-order valence-corrected chi connectivity index (χ1v) is 8.10. The Kier molecular flexibility index (Phi) is 3.69. The fourth-order valence-corrected chi connectivity index (χ4v) is 3.48. The Bertz CT molecular complexity index is 1080. The summed E-state index contributed by atoms with van der Waals surface area (Å²) in [5, 5.41) is 15.0. The summed E-state index contributed by atoms with van der Waals surface area (Å²) < 4.78 is 11.0. The lowest BCUT2D eigenvalue weighted by Gasteiger charge is -2.18. The Labute approximate surface area is 146 Å². The highest BCUT2D eigenvalue weighted by Crippen LogP contribution is 2.51. The van der Waals surface area contributed by atoms with Crippen molar-refractivity contribution in [3.8, 4) is 28.4 Å². The van der Waals surface area contributed by atoms with Gasteiger partial charge < -0.3 is 14.6 Å². The van der Waals surface area contributed by atoms with Crippen molar-refractivity contribution < 1.29 is 14.6 Å². The molecule has 0 fully saturated rings. The molecule has 0 aliphatic rings. The maximum atomic E-state index is 11.0. The number of benzene rings is 4. The molecule has 4 rings (SSSR count). The third-order valence-electron chi connectivity index (χ3n) is 4.57. The largest absolute Gasteiger partial charge is 0.504 e. The van der Waals surface area contributed by atoms with Crippen LogP contribution in [0.5, 0.6) is 17.2 Å². The van der Waals surface area contributed by atoms with E-state index in [4.69, 9.17) is 9.47 Å². The molecule has 0 amide bonds. The van der Waals surface area contributed by atoms with Crippen LogP contribution in [-0.4, -0.2) is 19.3 Å². The topological polar surface area (TPSA) is 38.7 Å². The summed E-state index contributed by atoms with van der Waals surface area (Å²) in [5.74, 6) is 0.984. The van der Waals surface area contributed by atoms with E-state index < -0.39 is 0 Å². The summed E-state index contributed by atoms with van der Waals surface area (Å²) in [6, 6.07) is 22.1. The summed E-state index contributed by atoms with van der Waals surface area (Å²) in [4.78, 5) is 0. The van der Waals surface area contributed by atoms with Crippen LogP contribution in [0.3, 0.4) is 0 Å². The summed E-state index contributed by atoms with van der Waals surface area (Å²) >= 11 is 0. The molecule has 0 spiro atoms. The van der Waals surface area contributed by atoms with Crippen LogP contribution in [0.15, 0.2) is 66.7 Å². The molecule has 0 heterocycles. The molecule has 1 N–H and O–H groups in total. The number of phenolic OH excluding ortho intramolecular Hbond substituents is 1. The first-order chi connectivity index (χ1) is 12.3. The average molecular weight is 330 g/mol. The van der Waals surface area contributed by atoms with E-state index in [0.717, 1.165) is 32.7 Å². The molecule has 3 heteroatoms. The molecule has 124 valence electrons. The van der Waals surface area contributed by atoms with Crippen molar-refractivity contribution in [2.24, 2.45) is 0 Å². The predicted octanol–water partition coefficient (Wildman–Crippen LogP) is 5.38. The van der Waals surface area contributed by atoms with Gasteiger partial charge in [-0.15, -0.1) is 0 Å². The second-order valence-corrected chi connectivity index (χ2v) is 5.86. The molecule has 4 aromatic carbocycles. The average Bonchev–Trinajstić information content (AvgIpc) is 2.67. The molecule has 0 atom stereocenters. The van der Waals surface area contributed by atoms with Crippen molar-refractivity contribution in [2.45, 2.75) is 0 Å². The zero-order valence-electron chi connectivity index (χ0n) is 14.1. The van der Waals surface area contributed by atoms with E-state index in [9.17, 15) is 5.11 Å². The summed E-state index contributed by atoms with van der Waals surface area (Å²) in [5.41, 5.74) is 1.72. The normalized spacial score (nSPS) is 11.0. The lowest BCUT2D eigenvalue weighted by atomic mass is 9.92. The van der Waals surface area contributed by atoms with Gasteiger partial charge in [0.15, 0.2) is 11.5 Å². The monoisotopic (exact) mass is 330 g/mol. The number of hydrogen-bond acceptors (Lipinski definition) is 3. The molecule has 4 aromatic rings. The Hall–Kier alpha value is -3.20. The Morgan fingerprint density at radius 1 is 0.640 bits per heavy atom. The molecule has 0 aromatic heterocycles. The van der Waals surface area contributed by atoms with Crippen LogP contribution in [0, 0.1) is 0 Å². The zero-order chi connectivity index (χ0) is 17.4. The van der Waals surface area contributed by atoms with Gasteiger partial charge in [-0.2, -0.15) is 0 Å². The summed E-state index contributed by atoms with van der Waals surface area (Å²) in [6.07, 6.45) is 0. The minimum atomic E-state index is 0.0920. The molecule has 3 nitrogen and oxygen atoms in total. The van der Waals surface area contributed by atoms with E-state index in [-0.39, 0.29) is 5.75 Å². The van der Waals surface area contributed by atoms with E-state index in [0.29, 0.717) is 11.5 Å². The Balaban J connectivity index is 2.20. The van der Waals surface area contributed by atoms with Crippen LogP contribution in [0.4, 0.5) is 0 Å². The van der Waals surface area contributed by atoms with Crippen molar-refractivity contribution >= 4 is 21.5 Å². The van der Waals surface area contributed by atoms with Gasteiger partial charge in [-0.05, 0) is 21.7 Å². The molecule has 25 heavy (non-hydrogen) atoms. The minimum Gasteiger partial charge on any atom is -0.504 e. The smallest absolute Gasteiger partial charge is 0.204 e. The third-order valence-corrected chi connectivity index (χ3v) is 4.57. The fraction of sp³-hybridized carbons (Fsp3) is 0.0909. The van der Waals surface area contributed by atoms with E-state index in [1.165, 1.54) is 0 Å². The number of ether oxygens (including phenoxy) is 2. The van der Waals surface area contributed by atoms with Gasteiger partial charge in [0.05, 0.1) is 14.2 Å². The quantitative estimate of drug-likeness (QED) is 0.548. The van der Waals surface area contributed by atoms with Crippen LogP contribution >= 0.6 is 0 Å². The fourth-order valence-electron chi connectivity index (χ4n) is 3.48. The Morgan fingerprint density at radius 3 is 1.96 bits per heavy atom. The van der Waals surface area contributed by atoms with Crippen LogP contribution < -0.4 is 9.47 Å². The van der Waals surface area contributed by atoms with E-state index in [1.807, 2.05) is 48.5 Å². The molecular formula is C22H18O3. The van der Waals surface area contributed by atoms with Crippen LogP contribution in [0.25, 0.3) is 32.7 Å². The van der Waals surface area contributed by atoms with Gasteiger partial charge >= 0.3 is 0 Å². The van der Waals surface area contributed by atoms with E-state index >= 15 is 0 Å². The molecule has 0 aliphatic carbocycles. The van der Waals surface area contributed by atoms with Gasteiger partial charge in [-0.1, -0.05) is 66.7 Å². The van der Waals surface area contributed by atoms with Gasteiger partial charge in [-0.25, -0.2) is 0 Å². The van der Waals surface area contributed by atoms with Crippen molar-refractivity contribution in [2.75, 3.05) is 14.2 Å². The van der Waals surface area contributed by atoms with Crippen LogP contribution in [-0.2, 0) is 0 Å². The van der Waals surface area contributed by atoms with E-state index in [2.05, 4.69) is 18.2 Å². The van der Waals surface area contributed by atoms with Crippen molar-refractivity contribution in [1.29, 1.82) is 0 Å². The van der Waals surface area contributed by atoms with Gasteiger partial charge in [0.1, 0.15) is 0 Å². The van der Waals surface area contributed by atoms with Gasteiger partial charge in [-0.3, -0.25) is 0 Å². The molecule has 0 unspecified atom stereocenters. The second-order valence-electron chi connectivity index (χ2n) is 5.86. The van der Waals surface area contributed by atoms with Crippen LogP contribution in [0.1, 0.15) is 0 Å². The minimum absolute atomic E-state index is 0.0920. The maximum Gasteiger partial charge on any atom is 0.204 e. The predicted molar refractivity (Wildman–Crippen MR) is 102 cm³/mol. The highest BCUT2D eigenvalue weighted by molar-refractivity contribution is 6.10. The standard InChI is InChI=1S/C22H18O3/c1-24-21-18-12-6-5-11-17(18)19(20(23)22(21)25-2)16-13-7-9-14-8-3-4-10-15(14)16/h3-13,23H,1-2H3. The lowest BCUT2D eigenvalue weighted by molar-refractivity contribution is 0.337. The summed E-state index contributed by atoms with van der Waals surface area (Å²) in [6.45, 7) is 0. The molecular weight excluding hydrogens is 312 g/mol. The molecule has 0 bridgehead atoms. The number of phenols is 1.